The average Bonchev–Trinajstić information content (AvgIpc) is 2.76. The molecule has 3 rings (SSSR count). The van der Waals surface area contributed by atoms with Gasteiger partial charge in [0.15, 0.2) is 0 Å². The van der Waals surface area contributed by atoms with E-state index in [-0.39, 0.29) is 11.1 Å². The molecule has 0 saturated heterocycles. The van der Waals surface area contributed by atoms with Gasteiger partial charge in [0.1, 0.15) is 11.5 Å². The van der Waals surface area contributed by atoms with Crippen molar-refractivity contribution in [3.8, 4) is 11.5 Å². The topological polar surface area (TPSA) is 105 Å². The number of ether oxygens (including phenoxy) is 2. The van der Waals surface area contributed by atoms with E-state index in [1.54, 1.807) is 42.5 Å². The molecule has 3 aromatic rings. The van der Waals surface area contributed by atoms with E-state index in [2.05, 4.69) is 27.7 Å². The minimum absolute atomic E-state index is 0.251. The lowest BCUT2D eigenvalue weighted by atomic mass is 10.0. The second-order valence-corrected chi connectivity index (χ2v) is 9.29. The normalized spacial score (nSPS) is 11.0. The number of carbonyl (C=O) groups excluding carboxylic acids is 2. The molecule has 0 bridgehead atoms. The Bertz CT molecular complexity index is 1100. The molecule has 6 nitrogen and oxygen atoms in total. The van der Waals surface area contributed by atoms with Crippen LogP contribution in [0.4, 0.5) is 11.4 Å². The van der Waals surface area contributed by atoms with E-state index in [9.17, 15) is 9.59 Å². The van der Waals surface area contributed by atoms with Crippen LogP contribution in [-0.4, -0.2) is 11.9 Å². The van der Waals surface area contributed by atoms with Crippen LogP contribution in [0.15, 0.2) is 60.7 Å². The Labute approximate surface area is 200 Å². The number of rotatable bonds is 8. The third kappa shape index (κ3) is 6.61. The van der Waals surface area contributed by atoms with Gasteiger partial charge in [-0.05, 0) is 90.4 Å². The molecule has 0 atom stereocenters. The number of hydrogen-bond donors (Lipinski definition) is 2. The minimum Gasteiger partial charge on any atom is -0.423 e. The first-order valence-corrected chi connectivity index (χ1v) is 11.4. The average molecular weight is 461 g/mol. The Morgan fingerprint density at radius 3 is 1.47 bits per heavy atom. The van der Waals surface area contributed by atoms with Gasteiger partial charge in [0.25, 0.3) is 0 Å². The molecule has 0 aliphatic heterocycles. The summed E-state index contributed by atoms with van der Waals surface area (Å²) in [4.78, 5) is 25.7. The van der Waals surface area contributed by atoms with Crippen molar-refractivity contribution in [1.82, 2.24) is 0 Å². The van der Waals surface area contributed by atoms with E-state index in [1.165, 1.54) is 6.07 Å². The molecule has 6 heteroatoms. The van der Waals surface area contributed by atoms with Gasteiger partial charge in [0, 0.05) is 11.4 Å². The molecule has 0 amide bonds. The number of nitrogens with two attached hydrogens (primary N) is 2. The summed E-state index contributed by atoms with van der Waals surface area (Å²) in [5.41, 5.74) is 15.3. The predicted molar refractivity (Wildman–Crippen MR) is 135 cm³/mol. The number of nitrogen functional groups attached to an aromatic ring is 2. The third-order valence-electron chi connectivity index (χ3n) is 5.16. The zero-order chi connectivity index (χ0) is 24.8. The first-order chi connectivity index (χ1) is 16.1. The van der Waals surface area contributed by atoms with Crippen LogP contribution in [0.1, 0.15) is 59.5 Å². The summed E-state index contributed by atoms with van der Waals surface area (Å²) >= 11 is 0. The van der Waals surface area contributed by atoms with E-state index in [0.29, 0.717) is 34.7 Å². The molecule has 178 valence electrons. The van der Waals surface area contributed by atoms with Crippen LogP contribution in [0.25, 0.3) is 0 Å². The molecule has 0 fully saturated rings. The van der Waals surface area contributed by atoms with Gasteiger partial charge in [-0.1, -0.05) is 33.8 Å². The van der Waals surface area contributed by atoms with E-state index < -0.39 is 11.9 Å². The minimum atomic E-state index is -0.558. The summed E-state index contributed by atoms with van der Waals surface area (Å²) in [6.07, 6.45) is 1.45. The van der Waals surface area contributed by atoms with Gasteiger partial charge in [-0.25, -0.2) is 9.59 Å². The highest BCUT2D eigenvalue weighted by Crippen LogP contribution is 2.27. The van der Waals surface area contributed by atoms with Gasteiger partial charge in [-0.3, -0.25) is 0 Å². The highest BCUT2D eigenvalue weighted by Gasteiger charge is 2.17. The van der Waals surface area contributed by atoms with Crippen molar-refractivity contribution < 1.29 is 19.1 Å². The molecule has 0 unspecified atom stereocenters. The maximum Gasteiger partial charge on any atom is 0.343 e. The molecule has 0 spiro atoms. The zero-order valence-corrected chi connectivity index (χ0v) is 20.1. The van der Waals surface area contributed by atoms with Crippen LogP contribution >= 0.6 is 0 Å². The summed E-state index contributed by atoms with van der Waals surface area (Å²) in [5.74, 6) is 0.537. The van der Waals surface area contributed by atoms with Crippen molar-refractivity contribution in [3.05, 3.63) is 82.9 Å². The Kier molecular flexibility index (Phi) is 7.95. The lowest BCUT2D eigenvalue weighted by Crippen LogP contribution is -2.14. The molecule has 0 aromatic heterocycles. The monoisotopic (exact) mass is 460 g/mol. The van der Waals surface area contributed by atoms with Crippen LogP contribution < -0.4 is 20.9 Å². The van der Waals surface area contributed by atoms with Crippen LogP contribution in [0.3, 0.4) is 0 Å². The van der Waals surface area contributed by atoms with Gasteiger partial charge in [0.2, 0.25) is 0 Å². The molecule has 0 aliphatic rings. The first-order valence-electron chi connectivity index (χ1n) is 11.4. The van der Waals surface area contributed by atoms with Crippen LogP contribution in [0, 0.1) is 11.8 Å². The van der Waals surface area contributed by atoms with Gasteiger partial charge in [-0.2, -0.15) is 0 Å². The Morgan fingerprint density at radius 2 is 1.09 bits per heavy atom. The Morgan fingerprint density at radius 1 is 0.676 bits per heavy atom. The third-order valence-corrected chi connectivity index (χ3v) is 5.16. The molecular weight excluding hydrogens is 428 g/mol. The Balaban J connectivity index is 1.79. The van der Waals surface area contributed by atoms with Crippen molar-refractivity contribution in [1.29, 1.82) is 0 Å². The molecule has 4 N–H and O–H groups in total. The second-order valence-electron chi connectivity index (χ2n) is 9.29. The molecule has 0 heterocycles. The quantitative estimate of drug-likeness (QED) is 0.254. The van der Waals surface area contributed by atoms with Gasteiger partial charge >= 0.3 is 11.9 Å². The number of hydrogen-bond acceptors (Lipinski definition) is 6. The summed E-state index contributed by atoms with van der Waals surface area (Å²) < 4.78 is 11.3. The van der Waals surface area contributed by atoms with Crippen molar-refractivity contribution in [2.45, 2.75) is 40.5 Å². The van der Waals surface area contributed by atoms with Gasteiger partial charge in [-0.15, -0.1) is 0 Å². The number of anilines is 2. The molecule has 0 aliphatic carbocycles. The first kappa shape index (κ1) is 24.8. The maximum atomic E-state index is 12.9. The number of benzene rings is 3. The number of carbonyl (C=O) groups is 2. The Hall–Kier alpha value is -3.80. The summed E-state index contributed by atoms with van der Waals surface area (Å²) in [7, 11) is 0. The lowest BCUT2D eigenvalue weighted by Gasteiger charge is -2.14. The van der Waals surface area contributed by atoms with Crippen molar-refractivity contribution in [2.75, 3.05) is 11.5 Å². The zero-order valence-electron chi connectivity index (χ0n) is 20.1. The lowest BCUT2D eigenvalue weighted by molar-refractivity contribution is 0.0732. The maximum absolute atomic E-state index is 12.9. The fourth-order valence-corrected chi connectivity index (χ4v) is 3.69. The van der Waals surface area contributed by atoms with Crippen LogP contribution in [0.5, 0.6) is 11.5 Å². The van der Waals surface area contributed by atoms with E-state index >= 15 is 0 Å². The second kappa shape index (κ2) is 10.9. The van der Waals surface area contributed by atoms with Crippen molar-refractivity contribution in [2.24, 2.45) is 11.8 Å². The van der Waals surface area contributed by atoms with E-state index in [4.69, 9.17) is 20.9 Å². The van der Waals surface area contributed by atoms with Crippen molar-refractivity contribution in [3.63, 3.8) is 0 Å². The van der Waals surface area contributed by atoms with Gasteiger partial charge < -0.3 is 20.9 Å². The van der Waals surface area contributed by atoms with Crippen molar-refractivity contribution >= 4 is 23.3 Å². The molecule has 3 aromatic carbocycles. The highest BCUT2D eigenvalue weighted by atomic mass is 16.5. The fraction of sp³-hybridized carbons (Fsp3) is 0.286. The summed E-state index contributed by atoms with van der Waals surface area (Å²) in [5, 5.41) is 0. The van der Waals surface area contributed by atoms with E-state index in [1.807, 2.05) is 12.1 Å². The summed E-state index contributed by atoms with van der Waals surface area (Å²) in [6.45, 7) is 8.32. The molecule has 0 saturated carbocycles. The number of esters is 2. The van der Waals surface area contributed by atoms with Crippen LogP contribution in [0.2, 0.25) is 0 Å². The summed E-state index contributed by atoms with van der Waals surface area (Å²) in [6, 6.07) is 16.7. The molecule has 0 radical (unpaired) electrons. The van der Waals surface area contributed by atoms with Gasteiger partial charge in [0.05, 0.1) is 11.1 Å². The smallest absolute Gasteiger partial charge is 0.343 e. The highest BCUT2D eigenvalue weighted by molar-refractivity contribution is 5.97. The largest absolute Gasteiger partial charge is 0.423 e. The van der Waals surface area contributed by atoms with Crippen LogP contribution in [-0.2, 0) is 12.8 Å². The molecular formula is C28H32N2O4. The predicted octanol–water partition coefficient (Wildman–Crippen LogP) is 5.69. The van der Waals surface area contributed by atoms with E-state index in [0.717, 1.165) is 24.0 Å². The molecule has 34 heavy (non-hydrogen) atoms. The fourth-order valence-electron chi connectivity index (χ4n) is 3.69. The standard InChI is InChI=1S/C28H32N2O4/c1-17(2)12-21-15-23(29)8-10-25(21)33-27(31)19-6-5-7-20(14-19)28(32)34-26-11-9-24(30)16-22(26)13-18(3)4/h5-11,14-18H,12-13,29-30H2,1-4H3. The SMILES string of the molecule is CC(C)Cc1cc(N)ccc1OC(=O)c1cccc(C(=O)Oc2ccc(N)cc2CC(C)C)c1.